The molecule has 2 aromatic carbocycles. The third-order valence-electron chi connectivity index (χ3n) is 2.50. The predicted octanol–water partition coefficient (Wildman–Crippen LogP) is 3.54. The lowest BCUT2D eigenvalue weighted by molar-refractivity contribution is 0.217. The molecule has 0 aliphatic rings. The van der Waals surface area contributed by atoms with Crippen molar-refractivity contribution in [2.24, 2.45) is 0 Å². The quantitative estimate of drug-likeness (QED) is 0.711. The summed E-state index contributed by atoms with van der Waals surface area (Å²) in [6.45, 7) is 3.68. The van der Waals surface area contributed by atoms with Crippen molar-refractivity contribution in [2.75, 3.05) is 19.8 Å². The van der Waals surface area contributed by atoms with E-state index >= 15 is 0 Å². The van der Waals surface area contributed by atoms with Gasteiger partial charge in [0.05, 0.1) is 6.61 Å². The number of rotatable bonds is 7. The molecule has 0 aromatic heterocycles. The molecule has 0 unspecified atom stereocenters. The summed E-state index contributed by atoms with van der Waals surface area (Å²) in [5.41, 5.74) is 0. The van der Waals surface area contributed by atoms with E-state index in [1.807, 2.05) is 61.5 Å². The minimum atomic E-state index is 0.517. The first-order chi connectivity index (χ1) is 9.38. The lowest BCUT2D eigenvalue weighted by Crippen LogP contribution is -2.08. The fourth-order valence-corrected chi connectivity index (χ4v) is 1.63. The molecule has 0 fully saturated rings. The molecular weight excluding hydrogens is 240 g/mol. The van der Waals surface area contributed by atoms with E-state index in [1.165, 1.54) is 0 Å². The highest BCUT2D eigenvalue weighted by Crippen LogP contribution is 2.17. The molecule has 0 N–H and O–H groups in total. The SMILES string of the molecule is CCOc1ccc(OCCOc2ccccc2)cc1. The van der Waals surface area contributed by atoms with Crippen LogP contribution in [0.1, 0.15) is 6.92 Å². The molecule has 19 heavy (non-hydrogen) atoms. The minimum Gasteiger partial charge on any atom is -0.494 e. The van der Waals surface area contributed by atoms with Gasteiger partial charge < -0.3 is 14.2 Å². The van der Waals surface area contributed by atoms with Crippen molar-refractivity contribution < 1.29 is 14.2 Å². The molecule has 0 bridgehead atoms. The standard InChI is InChI=1S/C16H18O3/c1-2-17-15-8-10-16(11-9-15)19-13-12-18-14-6-4-3-5-7-14/h3-11H,2,12-13H2,1H3. The molecule has 0 heterocycles. The molecular formula is C16H18O3. The smallest absolute Gasteiger partial charge is 0.122 e. The zero-order valence-electron chi connectivity index (χ0n) is 11.0. The molecule has 0 aliphatic carbocycles. The van der Waals surface area contributed by atoms with Crippen molar-refractivity contribution in [1.82, 2.24) is 0 Å². The Kier molecular flexibility index (Phi) is 5.11. The van der Waals surface area contributed by atoms with Crippen molar-refractivity contribution in [3.8, 4) is 17.2 Å². The van der Waals surface area contributed by atoms with Crippen LogP contribution in [0.4, 0.5) is 0 Å². The van der Waals surface area contributed by atoms with Crippen LogP contribution in [-0.2, 0) is 0 Å². The van der Waals surface area contributed by atoms with Crippen molar-refractivity contribution in [3.63, 3.8) is 0 Å². The molecule has 0 radical (unpaired) electrons. The second-order valence-corrected chi connectivity index (χ2v) is 3.91. The monoisotopic (exact) mass is 258 g/mol. The lowest BCUT2D eigenvalue weighted by Gasteiger charge is -2.09. The Morgan fingerprint density at radius 1 is 0.632 bits per heavy atom. The third-order valence-corrected chi connectivity index (χ3v) is 2.50. The van der Waals surface area contributed by atoms with Crippen LogP contribution >= 0.6 is 0 Å². The Hall–Kier alpha value is -2.16. The first kappa shape index (κ1) is 13.3. The van der Waals surface area contributed by atoms with Gasteiger partial charge >= 0.3 is 0 Å². The average molecular weight is 258 g/mol. The third kappa shape index (κ3) is 4.54. The molecule has 0 amide bonds. The largest absolute Gasteiger partial charge is 0.494 e. The second-order valence-electron chi connectivity index (χ2n) is 3.91. The summed E-state index contributed by atoms with van der Waals surface area (Å²) in [5, 5.41) is 0. The Labute approximate surface area is 113 Å². The van der Waals surface area contributed by atoms with Crippen LogP contribution in [0.3, 0.4) is 0 Å². The summed E-state index contributed by atoms with van der Waals surface area (Å²) in [6, 6.07) is 17.3. The predicted molar refractivity (Wildman–Crippen MR) is 75.0 cm³/mol. The van der Waals surface area contributed by atoms with E-state index in [0.717, 1.165) is 17.2 Å². The lowest BCUT2D eigenvalue weighted by atomic mass is 10.3. The molecule has 0 atom stereocenters. The van der Waals surface area contributed by atoms with Crippen LogP contribution < -0.4 is 14.2 Å². The van der Waals surface area contributed by atoms with Gasteiger partial charge in [-0.05, 0) is 43.3 Å². The van der Waals surface area contributed by atoms with Crippen LogP contribution in [0.15, 0.2) is 54.6 Å². The molecule has 3 nitrogen and oxygen atoms in total. The van der Waals surface area contributed by atoms with Gasteiger partial charge in [-0.3, -0.25) is 0 Å². The summed E-state index contributed by atoms with van der Waals surface area (Å²) in [4.78, 5) is 0. The highest BCUT2D eigenvalue weighted by molar-refractivity contribution is 5.31. The first-order valence-corrected chi connectivity index (χ1v) is 6.42. The molecule has 3 heteroatoms. The zero-order valence-corrected chi connectivity index (χ0v) is 11.0. The highest BCUT2D eigenvalue weighted by atomic mass is 16.5. The van der Waals surface area contributed by atoms with Crippen molar-refractivity contribution in [1.29, 1.82) is 0 Å². The topological polar surface area (TPSA) is 27.7 Å². The zero-order chi connectivity index (χ0) is 13.3. The van der Waals surface area contributed by atoms with Gasteiger partial charge in [0.2, 0.25) is 0 Å². The average Bonchev–Trinajstić information content (AvgIpc) is 2.47. The van der Waals surface area contributed by atoms with E-state index in [2.05, 4.69) is 0 Å². The Morgan fingerprint density at radius 2 is 1.11 bits per heavy atom. The van der Waals surface area contributed by atoms with Crippen LogP contribution in [0.5, 0.6) is 17.2 Å². The fourth-order valence-electron chi connectivity index (χ4n) is 1.63. The Morgan fingerprint density at radius 3 is 1.63 bits per heavy atom. The first-order valence-electron chi connectivity index (χ1n) is 6.42. The fraction of sp³-hybridized carbons (Fsp3) is 0.250. The van der Waals surface area contributed by atoms with Crippen molar-refractivity contribution in [3.05, 3.63) is 54.6 Å². The summed E-state index contributed by atoms with van der Waals surface area (Å²) in [6.07, 6.45) is 0. The summed E-state index contributed by atoms with van der Waals surface area (Å²) < 4.78 is 16.5. The van der Waals surface area contributed by atoms with E-state index in [9.17, 15) is 0 Å². The molecule has 0 saturated heterocycles. The molecule has 0 aliphatic heterocycles. The van der Waals surface area contributed by atoms with Gasteiger partial charge in [-0.25, -0.2) is 0 Å². The molecule has 2 rings (SSSR count). The van der Waals surface area contributed by atoms with E-state index in [4.69, 9.17) is 14.2 Å². The molecule has 2 aromatic rings. The number of hydrogen-bond donors (Lipinski definition) is 0. The maximum atomic E-state index is 5.58. The van der Waals surface area contributed by atoms with Crippen LogP contribution in [-0.4, -0.2) is 19.8 Å². The van der Waals surface area contributed by atoms with E-state index in [1.54, 1.807) is 0 Å². The van der Waals surface area contributed by atoms with Crippen molar-refractivity contribution >= 4 is 0 Å². The number of hydrogen-bond acceptors (Lipinski definition) is 3. The van der Waals surface area contributed by atoms with Crippen LogP contribution in [0.2, 0.25) is 0 Å². The second kappa shape index (κ2) is 7.31. The van der Waals surface area contributed by atoms with Crippen molar-refractivity contribution in [2.45, 2.75) is 6.92 Å². The number of benzene rings is 2. The Bertz CT molecular complexity index is 465. The summed E-state index contributed by atoms with van der Waals surface area (Å²) >= 11 is 0. The molecule has 0 saturated carbocycles. The number of para-hydroxylation sites is 1. The molecule has 100 valence electrons. The van der Waals surface area contributed by atoms with Gasteiger partial charge in [0.15, 0.2) is 0 Å². The summed E-state index contributed by atoms with van der Waals surface area (Å²) in [5.74, 6) is 2.54. The summed E-state index contributed by atoms with van der Waals surface area (Å²) in [7, 11) is 0. The van der Waals surface area contributed by atoms with Crippen LogP contribution in [0.25, 0.3) is 0 Å². The van der Waals surface area contributed by atoms with Crippen LogP contribution in [0, 0.1) is 0 Å². The van der Waals surface area contributed by atoms with Gasteiger partial charge in [0.1, 0.15) is 30.5 Å². The Balaban J connectivity index is 1.70. The maximum absolute atomic E-state index is 5.58. The maximum Gasteiger partial charge on any atom is 0.122 e. The minimum absolute atomic E-state index is 0.517. The van der Waals surface area contributed by atoms with E-state index in [0.29, 0.717) is 19.8 Å². The van der Waals surface area contributed by atoms with E-state index in [-0.39, 0.29) is 0 Å². The van der Waals surface area contributed by atoms with Gasteiger partial charge in [-0.15, -0.1) is 0 Å². The normalized spacial score (nSPS) is 9.95. The van der Waals surface area contributed by atoms with Gasteiger partial charge in [0.25, 0.3) is 0 Å². The molecule has 0 spiro atoms. The highest BCUT2D eigenvalue weighted by Gasteiger charge is 1.96. The van der Waals surface area contributed by atoms with E-state index < -0.39 is 0 Å². The van der Waals surface area contributed by atoms with Gasteiger partial charge in [-0.1, -0.05) is 18.2 Å². The van der Waals surface area contributed by atoms with Gasteiger partial charge in [-0.2, -0.15) is 0 Å². The van der Waals surface area contributed by atoms with Gasteiger partial charge in [0, 0.05) is 0 Å². The number of ether oxygens (including phenoxy) is 3.